The van der Waals surface area contributed by atoms with Gasteiger partial charge in [0, 0.05) is 13.3 Å². The number of rotatable bonds is 7. The SMILES string of the molecule is CC(=O)NC1C(O)CC(NC=O)(C(=O)O)OC1C(O)C(O)CO. The molecule has 0 aromatic carbocycles. The van der Waals surface area contributed by atoms with Gasteiger partial charge in [0.2, 0.25) is 18.0 Å². The van der Waals surface area contributed by atoms with Gasteiger partial charge in [0.05, 0.1) is 18.8 Å². The van der Waals surface area contributed by atoms with E-state index in [-0.39, 0.29) is 6.41 Å². The fourth-order valence-corrected chi connectivity index (χ4v) is 2.40. The molecule has 0 aromatic heterocycles. The zero-order chi connectivity index (χ0) is 17.8. The first-order valence-electron chi connectivity index (χ1n) is 6.73. The maximum absolute atomic E-state index is 11.4. The molecule has 1 aliphatic heterocycles. The molecule has 23 heavy (non-hydrogen) atoms. The molecule has 0 saturated carbocycles. The molecule has 132 valence electrons. The van der Waals surface area contributed by atoms with Crippen molar-refractivity contribution in [2.24, 2.45) is 0 Å². The molecule has 6 atom stereocenters. The van der Waals surface area contributed by atoms with E-state index in [1.807, 2.05) is 5.32 Å². The predicted octanol–water partition coefficient (Wildman–Crippen LogP) is -4.12. The van der Waals surface area contributed by atoms with Crippen LogP contribution in [-0.4, -0.2) is 86.6 Å². The molecule has 1 heterocycles. The minimum atomic E-state index is -2.35. The molecule has 0 aliphatic carbocycles. The van der Waals surface area contributed by atoms with Crippen LogP contribution < -0.4 is 10.6 Å². The summed E-state index contributed by atoms with van der Waals surface area (Å²) in [4.78, 5) is 33.3. The summed E-state index contributed by atoms with van der Waals surface area (Å²) in [5.41, 5.74) is -2.35. The van der Waals surface area contributed by atoms with E-state index >= 15 is 0 Å². The van der Waals surface area contributed by atoms with Crippen molar-refractivity contribution in [2.45, 2.75) is 49.5 Å². The first-order valence-corrected chi connectivity index (χ1v) is 6.73. The summed E-state index contributed by atoms with van der Waals surface area (Å²) in [6.07, 6.45) is -7.23. The summed E-state index contributed by atoms with van der Waals surface area (Å²) in [7, 11) is 0. The van der Waals surface area contributed by atoms with E-state index in [1.54, 1.807) is 0 Å². The van der Waals surface area contributed by atoms with Gasteiger partial charge in [-0.15, -0.1) is 0 Å². The Kier molecular flexibility index (Phi) is 6.41. The number of aliphatic carboxylic acids is 1. The lowest BCUT2D eigenvalue weighted by Crippen LogP contribution is -2.70. The van der Waals surface area contributed by atoms with Crippen LogP contribution in [0.15, 0.2) is 0 Å². The highest BCUT2D eigenvalue weighted by Crippen LogP contribution is 2.30. The van der Waals surface area contributed by atoms with E-state index in [0.717, 1.165) is 6.92 Å². The van der Waals surface area contributed by atoms with Crippen LogP contribution in [0.5, 0.6) is 0 Å². The van der Waals surface area contributed by atoms with Crippen molar-refractivity contribution in [2.75, 3.05) is 6.61 Å². The van der Waals surface area contributed by atoms with Crippen molar-refractivity contribution in [3.05, 3.63) is 0 Å². The summed E-state index contributed by atoms with van der Waals surface area (Å²) >= 11 is 0. The molecule has 11 nitrogen and oxygen atoms in total. The van der Waals surface area contributed by atoms with Gasteiger partial charge in [0.15, 0.2) is 0 Å². The van der Waals surface area contributed by atoms with Gasteiger partial charge in [-0.3, -0.25) is 9.59 Å². The first kappa shape index (κ1) is 19.3. The molecule has 1 rings (SSSR count). The van der Waals surface area contributed by atoms with Crippen LogP contribution >= 0.6 is 0 Å². The lowest BCUT2D eigenvalue weighted by molar-refractivity contribution is -0.236. The van der Waals surface area contributed by atoms with Gasteiger partial charge in [-0.05, 0) is 0 Å². The van der Waals surface area contributed by atoms with Crippen molar-refractivity contribution >= 4 is 18.3 Å². The summed E-state index contributed by atoms with van der Waals surface area (Å²) in [6, 6.07) is -1.26. The Labute approximate surface area is 130 Å². The van der Waals surface area contributed by atoms with Gasteiger partial charge >= 0.3 is 5.97 Å². The van der Waals surface area contributed by atoms with E-state index in [4.69, 9.17) is 9.84 Å². The largest absolute Gasteiger partial charge is 0.478 e. The summed E-state index contributed by atoms with van der Waals surface area (Å²) < 4.78 is 5.21. The van der Waals surface area contributed by atoms with Gasteiger partial charge < -0.3 is 40.9 Å². The number of aliphatic hydroxyl groups excluding tert-OH is 4. The second kappa shape index (κ2) is 7.66. The lowest BCUT2D eigenvalue weighted by Gasteiger charge is -2.46. The number of ether oxygens (including phenoxy) is 1. The fraction of sp³-hybridized carbons (Fsp3) is 0.750. The molecular formula is C12H20N2O9. The van der Waals surface area contributed by atoms with Crippen LogP contribution in [0, 0.1) is 0 Å². The third kappa shape index (κ3) is 4.14. The van der Waals surface area contributed by atoms with Crippen molar-refractivity contribution < 1.29 is 44.7 Å². The zero-order valence-corrected chi connectivity index (χ0v) is 12.2. The number of hydrogen-bond donors (Lipinski definition) is 7. The Morgan fingerprint density at radius 2 is 2.04 bits per heavy atom. The molecule has 0 spiro atoms. The van der Waals surface area contributed by atoms with Crippen molar-refractivity contribution in [3.63, 3.8) is 0 Å². The number of hydrogen-bond acceptors (Lipinski definition) is 8. The summed E-state index contributed by atoms with van der Waals surface area (Å²) in [6.45, 7) is 0.256. The monoisotopic (exact) mass is 336 g/mol. The molecule has 0 bridgehead atoms. The van der Waals surface area contributed by atoms with E-state index in [0.29, 0.717) is 0 Å². The molecule has 1 saturated heterocycles. The van der Waals surface area contributed by atoms with Gasteiger partial charge in [-0.1, -0.05) is 0 Å². The third-order valence-corrected chi connectivity index (χ3v) is 3.53. The Morgan fingerprint density at radius 3 is 2.48 bits per heavy atom. The maximum atomic E-state index is 11.4. The Hall–Kier alpha value is -1.79. The Balaban J connectivity index is 3.19. The molecule has 2 amide bonds. The second-order valence-electron chi connectivity index (χ2n) is 5.22. The average Bonchev–Trinajstić information content (AvgIpc) is 2.47. The molecular weight excluding hydrogens is 316 g/mol. The van der Waals surface area contributed by atoms with Crippen LogP contribution in [0.3, 0.4) is 0 Å². The fourth-order valence-electron chi connectivity index (χ4n) is 2.40. The smallest absolute Gasteiger partial charge is 0.357 e. The number of nitrogens with one attached hydrogen (secondary N) is 2. The number of aliphatic hydroxyl groups is 4. The minimum absolute atomic E-state index is 0.0471. The highest BCUT2D eigenvalue weighted by Gasteiger charge is 2.54. The lowest BCUT2D eigenvalue weighted by atomic mass is 9.87. The minimum Gasteiger partial charge on any atom is -0.478 e. The molecule has 6 unspecified atom stereocenters. The van der Waals surface area contributed by atoms with Gasteiger partial charge in [0.1, 0.15) is 18.3 Å². The van der Waals surface area contributed by atoms with Crippen LogP contribution in [0.1, 0.15) is 13.3 Å². The number of carboxylic acid groups (broad SMARTS) is 1. The zero-order valence-electron chi connectivity index (χ0n) is 12.2. The van der Waals surface area contributed by atoms with Crippen LogP contribution in [0.4, 0.5) is 0 Å². The van der Waals surface area contributed by atoms with E-state index in [9.17, 15) is 34.8 Å². The van der Waals surface area contributed by atoms with Crippen molar-refractivity contribution in [1.29, 1.82) is 0 Å². The highest BCUT2D eigenvalue weighted by atomic mass is 16.6. The van der Waals surface area contributed by atoms with Gasteiger partial charge in [0.25, 0.3) is 0 Å². The van der Waals surface area contributed by atoms with Crippen molar-refractivity contribution in [3.8, 4) is 0 Å². The standard InChI is InChI=1S/C12H20N2O9/c1-5(17)14-8-6(18)2-12(11(21)22,13-4-16)23-10(8)9(20)7(19)3-15/h4,6-10,15,18-20H,2-3H2,1H3,(H,13,16)(H,14,17)(H,21,22). The van der Waals surface area contributed by atoms with Crippen LogP contribution in [0.2, 0.25) is 0 Å². The number of carbonyl (C=O) groups is 3. The molecule has 0 aromatic rings. The number of carbonyl (C=O) groups excluding carboxylic acids is 2. The van der Waals surface area contributed by atoms with Crippen LogP contribution in [-0.2, 0) is 19.1 Å². The first-order chi connectivity index (χ1) is 10.7. The molecule has 7 N–H and O–H groups in total. The predicted molar refractivity (Wildman–Crippen MR) is 71.8 cm³/mol. The Morgan fingerprint density at radius 1 is 1.43 bits per heavy atom. The molecule has 1 aliphatic rings. The number of carboxylic acids is 1. The normalized spacial score (nSPS) is 33.3. The number of amides is 2. The summed E-state index contributed by atoms with van der Waals surface area (Å²) in [5.74, 6) is -2.24. The van der Waals surface area contributed by atoms with Crippen LogP contribution in [0.25, 0.3) is 0 Å². The third-order valence-electron chi connectivity index (χ3n) is 3.53. The van der Waals surface area contributed by atoms with E-state index in [1.165, 1.54) is 0 Å². The van der Waals surface area contributed by atoms with Gasteiger partial charge in [-0.2, -0.15) is 0 Å². The second-order valence-corrected chi connectivity index (χ2v) is 5.22. The average molecular weight is 336 g/mol. The van der Waals surface area contributed by atoms with E-state index in [2.05, 4.69) is 5.32 Å². The quantitative estimate of drug-likeness (QED) is 0.227. The van der Waals surface area contributed by atoms with Crippen molar-refractivity contribution in [1.82, 2.24) is 10.6 Å². The Bertz CT molecular complexity index is 460. The molecule has 1 fully saturated rings. The topological polar surface area (TPSA) is 186 Å². The molecule has 11 heteroatoms. The summed E-state index contributed by atoms with van der Waals surface area (Å²) in [5, 5.41) is 52.1. The maximum Gasteiger partial charge on any atom is 0.357 e. The van der Waals surface area contributed by atoms with E-state index < -0.39 is 61.1 Å². The highest BCUT2D eigenvalue weighted by molar-refractivity contribution is 5.80. The van der Waals surface area contributed by atoms with Gasteiger partial charge in [-0.25, -0.2) is 4.79 Å². The molecule has 0 radical (unpaired) electrons.